The monoisotopic (exact) mass is 273 g/mol. The number of rotatable bonds is 5. The molecule has 1 atom stereocenters. The van der Waals surface area contributed by atoms with E-state index in [1.54, 1.807) is 17.8 Å². The summed E-state index contributed by atoms with van der Waals surface area (Å²) in [5.41, 5.74) is 8.12. The van der Waals surface area contributed by atoms with Gasteiger partial charge in [-0.15, -0.1) is 0 Å². The number of hydrogen-bond acceptors (Lipinski definition) is 4. The molecule has 0 aliphatic rings. The normalized spacial score (nSPS) is 11.9. The molecule has 0 fully saturated rings. The molecular weight excluding hydrogens is 254 g/mol. The zero-order valence-corrected chi connectivity index (χ0v) is 11.6. The maximum Gasteiger partial charge on any atom is 0.225 e. The van der Waals surface area contributed by atoms with Crippen molar-refractivity contribution in [1.82, 2.24) is 9.78 Å². The van der Waals surface area contributed by atoms with E-state index in [1.165, 1.54) is 0 Å². The molecule has 20 heavy (non-hydrogen) atoms. The van der Waals surface area contributed by atoms with Crippen LogP contribution in [-0.2, 0) is 11.8 Å². The second kappa shape index (κ2) is 6.21. The second-order valence-electron chi connectivity index (χ2n) is 4.84. The number of amides is 1. The van der Waals surface area contributed by atoms with Gasteiger partial charge in [-0.05, 0) is 25.1 Å². The molecule has 4 N–H and O–H groups in total. The molecule has 1 unspecified atom stereocenters. The number of nitrogens with two attached hydrogens (primary N) is 1. The van der Waals surface area contributed by atoms with Crippen LogP contribution in [0.2, 0.25) is 0 Å². The van der Waals surface area contributed by atoms with Crippen LogP contribution in [-0.4, -0.2) is 21.7 Å². The van der Waals surface area contributed by atoms with E-state index in [4.69, 9.17) is 5.73 Å². The third kappa shape index (κ3) is 4.10. The number of carbonyl (C=O) groups is 1. The first kappa shape index (κ1) is 14.1. The smallest absolute Gasteiger partial charge is 0.225 e. The molecule has 6 heteroatoms. The molecule has 0 aliphatic carbocycles. The molecule has 1 aromatic heterocycles. The Kier molecular flexibility index (Phi) is 4.37. The highest BCUT2D eigenvalue weighted by Gasteiger charge is 2.06. The minimum Gasteiger partial charge on any atom is -0.353 e. The summed E-state index contributed by atoms with van der Waals surface area (Å²) >= 11 is 0. The fraction of sp³-hybridized carbons (Fsp3) is 0.286. The van der Waals surface area contributed by atoms with Crippen LogP contribution in [0.5, 0.6) is 0 Å². The summed E-state index contributed by atoms with van der Waals surface area (Å²) in [6.07, 6.45) is 3.92. The van der Waals surface area contributed by atoms with E-state index in [0.717, 1.165) is 17.1 Å². The molecule has 0 aliphatic heterocycles. The van der Waals surface area contributed by atoms with Gasteiger partial charge in [0.25, 0.3) is 0 Å². The van der Waals surface area contributed by atoms with Gasteiger partial charge in [-0.2, -0.15) is 5.10 Å². The lowest BCUT2D eigenvalue weighted by atomic mass is 10.2. The number of carbonyl (C=O) groups excluding carboxylic acids is 1. The molecule has 0 saturated carbocycles. The largest absolute Gasteiger partial charge is 0.353 e. The zero-order chi connectivity index (χ0) is 14.5. The van der Waals surface area contributed by atoms with Crippen LogP contribution < -0.4 is 16.4 Å². The number of nitrogens with zero attached hydrogens (tertiary/aromatic N) is 2. The first-order chi connectivity index (χ1) is 9.52. The Hall–Kier alpha value is -2.34. The van der Waals surface area contributed by atoms with Crippen molar-refractivity contribution >= 4 is 23.0 Å². The van der Waals surface area contributed by atoms with Crippen molar-refractivity contribution in [3.05, 3.63) is 36.7 Å². The van der Waals surface area contributed by atoms with Gasteiger partial charge >= 0.3 is 0 Å². The standard InChI is InChI=1S/C14H19N5O/c1-10(15)6-14(20)18-12-5-3-4-11(7-12)17-13-8-16-19(2)9-13/h3-5,7-10,17H,6,15H2,1-2H3,(H,18,20). The number of benzene rings is 1. The number of nitrogens with one attached hydrogen (secondary N) is 2. The van der Waals surface area contributed by atoms with Crippen LogP contribution in [0.15, 0.2) is 36.7 Å². The Balaban J connectivity index is 2.02. The third-order valence-electron chi connectivity index (χ3n) is 2.65. The van der Waals surface area contributed by atoms with Crippen LogP contribution in [0, 0.1) is 0 Å². The highest BCUT2D eigenvalue weighted by molar-refractivity contribution is 5.91. The predicted molar refractivity (Wildman–Crippen MR) is 79.8 cm³/mol. The summed E-state index contributed by atoms with van der Waals surface area (Å²) in [7, 11) is 1.86. The van der Waals surface area contributed by atoms with Crippen LogP contribution in [0.3, 0.4) is 0 Å². The van der Waals surface area contributed by atoms with Gasteiger partial charge in [0.15, 0.2) is 0 Å². The molecule has 2 aromatic rings. The molecule has 1 amide bonds. The molecule has 0 spiro atoms. The van der Waals surface area contributed by atoms with E-state index in [-0.39, 0.29) is 11.9 Å². The van der Waals surface area contributed by atoms with Gasteiger partial charge in [0.05, 0.1) is 11.9 Å². The van der Waals surface area contributed by atoms with E-state index >= 15 is 0 Å². The molecule has 0 bridgehead atoms. The Bertz CT molecular complexity index is 591. The summed E-state index contributed by atoms with van der Waals surface area (Å²) in [6, 6.07) is 7.36. The SMILES string of the molecule is CC(N)CC(=O)Nc1cccc(Nc2cnn(C)c2)c1. The zero-order valence-electron chi connectivity index (χ0n) is 11.6. The van der Waals surface area contributed by atoms with Crippen molar-refractivity contribution in [2.24, 2.45) is 12.8 Å². The summed E-state index contributed by atoms with van der Waals surface area (Å²) in [4.78, 5) is 11.7. The minimum atomic E-state index is -0.147. The van der Waals surface area contributed by atoms with Crippen molar-refractivity contribution in [3.63, 3.8) is 0 Å². The van der Waals surface area contributed by atoms with E-state index in [2.05, 4.69) is 15.7 Å². The molecule has 6 nitrogen and oxygen atoms in total. The summed E-state index contributed by atoms with van der Waals surface area (Å²) in [5, 5.41) is 10.1. The topological polar surface area (TPSA) is 85.0 Å². The lowest BCUT2D eigenvalue weighted by Gasteiger charge is -2.09. The molecule has 2 rings (SSSR count). The van der Waals surface area contributed by atoms with Crippen molar-refractivity contribution in [3.8, 4) is 0 Å². The van der Waals surface area contributed by atoms with Crippen molar-refractivity contribution in [2.75, 3.05) is 10.6 Å². The van der Waals surface area contributed by atoms with Crippen LogP contribution in [0.1, 0.15) is 13.3 Å². The summed E-state index contributed by atoms with van der Waals surface area (Å²) < 4.78 is 1.72. The average molecular weight is 273 g/mol. The molecule has 106 valence electrons. The average Bonchev–Trinajstić information content (AvgIpc) is 2.74. The number of aryl methyl sites for hydroxylation is 1. The van der Waals surface area contributed by atoms with Gasteiger partial charge in [-0.1, -0.05) is 6.07 Å². The Morgan fingerprint density at radius 2 is 2.15 bits per heavy atom. The summed E-state index contributed by atoms with van der Waals surface area (Å²) in [5.74, 6) is -0.0847. The van der Waals surface area contributed by atoms with Gasteiger partial charge in [-0.3, -0.25) is 9.48 Å². The van der Waals surface area contributed by atoms with Gasteiger partial charge < -0.3 is 16.4 Å². The first-order valence-corrected chi connectivity index (χ1v) is 6.44. The molecule has 0 saturated heterocycles. The van der Waals surface area contributed by atoms with Crippen LogP contribution in [0.25, 0.3) is 0 Å². The van der Waals surface area contributed by atoms with E-state index in [0.29, 0.717) is 6.42 Å². The molecule has 0 radical (unpaired) electrons. The lowest BCUT2D eigenvalue weighted by molar-refractivity contribution is -0.116. The summed E-state index contributed by atoms with van der Waals surface area (Å²) in [6.45, 7) is 1.81. The van der Waals surface area contributed by atoms with Crippen molar-refractivity contribution in [2.45, 2.75) is 19.4 Å². The van der Waals surface area contributed by atoms with E-state index in [9.17, 15) is 4.79 Å². The van der Waals surface area contributed by atoms with Crippen molar-refractivity contribution in [1.29, 1.82) is 0 Å². The third-order valence-corrected chi connectivity index (χ3v) is 2.65. The fourth-order valence-corrected chi connectivity index (χ4v) is 1.83. The number of hydrogen-bond donors (Lipinski definition) is 3. The van der Waals surface area contributed by atoms with Gasteiger partial charge in [0.2, 0.25) is 5.91 Å². The fourth-order valence-electron chi connectivity index (χ4n) is 1.83. The lowest BCUT2D eigenvalue weighted by Crippen LogP contribution is -2.23. The first-order valence-electron chi connectivity index (χ1n) is 6.44. The molecular formula is C14H19N5O. The Labute approximate surface area is 118 Å². The number of anilines is 3. The maximum absolute atomic E-state index is 11.7. The number of aromatic nitrogens is 2. The highest BCUT2D eigenvalue weighted by Crippen LogP contribution is 2.19. The van der Waals surface area contributed by atoms with Gasteiger partial charge in [0.1, 0.15) is 0 Å². The Morgan fingerprint density at radius 3 is 2.80 bits per heavy atom. The molecule has 1 heterocycles. The second-order valence-corrected chi connectivity index (χ2v) is 4.84. The Morgan fingerprint density at radius 1 is 1.40 bits per heavy atom. The van der Waals surface area contributed by atoms with E-state index in [1.807, 2.05) is 37.5 Å². The maximum atomic E-state index is 11.7. The highest BCUT2D eigenvalue weighted by atomic mass is 16.1. The van der Waals surface area contributed by atoms with Crippen LogP contribution >= 0.6 is 0 Å². The van der Waals surface area contributed by atoms with Crippen LogP contribution in [0.4, 0.5) is 17.1 Å². The van der Waals surface area contributed by atoms with Gasteiger partial charge in [0, 0.05) is 37.1 Å². The van der Waals surface area contributed by atoms with E-state index < -0.39 is 0 Å². The minimum absolute atomic E-state index is 0.0847. The predicted octanol–water partition coefficient (Wildman–Crippen LogP) is 1.84. The quantitative estimate of drug-likeness (QED) is 0.776. The van der Waals surface area contributed by atoms with Gasteiger partial charge in [-0.25, -0.2) is 0 Å². The van der Waals surface area contributed by atoms with Crippen molar-refractivity contribution < 1.29 is 4.79 Å². The molecule has 1 aromatic carbocycles.